The summed E-state index contributed by atoms with van der Waals surface area (Å²) >= 11 is 0. The number of para-hydroxylation sites is 2. The summed E-state index contributed by atoms with van der Waals surface area (Å²) in [5.74, 6) is -1.35. The minimum absolute atomic E-state index is 0.150. The van der Waals surface area contributed by atoms with Gasteiger partial charge in [0.05, 0.1) is 19.1 Å². The summed E-state index contributed by atoms with van der Waals surface area (Å²) in [7, 11) is -2.55. The van der Waals surface area contributed by atoms with Gasteiger partial charge in [-0.1, -0.05) is 67.6 Å². The topological polar surface area (TPSA) is 96.0 Å². The maximum absolute atomic E-state index is 14.8. The minimum Gasteiger partial charge on any atom is -0.495 e. The number of nitrogens with zero attached hydrogens (tertiary/aromatic N) is 2. The van der Waals surface area contributed by atoms with E-state index in [-0.39, 0.29) is 36.0 Å². The fourth-order valence-corrected chi connectivity index (χ4v) is 5.09. The molecule has 3 aromatic carbocycles. The molecule has 0 aromatic heterocycles. The van der Waals surface area contributed by atoms with Crippen molar-refractivity contribution in [3.63, 3.8) is 0 Å². The Morgan fingerprint density at radius 2 is 1.60 bits per heavy atom. The van der Waals surface area contributed by atoms with Gasteiger partial charge < -0.3 is 15.0 Å². The van der Waals surface area contributed by atoms with E-state index in [9.17, 15) is 22.4 Å². The highest BCUT2D eigenvalue weighted by atomic mass is 32.2. The predicted octanol–water partition coefficient (Wildman–Crippen LogP) is 4.16. The third kappa shape index (κ3) is 8.05. The van der Waals surface area contributed by atoms with E-state index < -0.39 is 40.2 Å². The van der Waals surface area contributed by atoms with E-state index in [0.717, 1.165) is 16.1 Å². The predicted molar refractivity (Wildman–Crippen MR) is 154 cm³/mol. The monoisotopic (exact) mass is 569 g/mol. The van der Waals surface area contributed by atoms with E-state index in [4.69, 9.17) is 4.74 Å². The van der Waals surface area contributed by atoms with Crippen LogP contribution in [0, 0.1) is 5.82 Å². The quantitative estimate of drug-likeness (QED) is 0.334. The molecule has 0 radical (unpaired) electrons. The Hall–Kier alpha value is -3.92. The maximum atomic E-state index is 14.8. The molecule has 0 aliphatic rings. The molecule has 0 aliphatic heterocycles. The number of hydrogen-bond acceptors (Lipinski definition) is 5. The maximum Gasteiger partial charge on any atom is 0.244 e. The summed E-state index contributed by atoms with van der Waals surface area (Å²) in [5.41, 5.74) is 1.17. The average molecular weight is 570 g/mol. The molecule has 0 saturated carbocycles. The summed E-state index contributed by atoms with van der Waals surface area (Å²) in [6.45, 7) is 2.93. The van der Waals surface area contributed by atoms with Gasteiger partial charge in [0, 0.05) is 24.6 Å². The van der Waals surface area contributed by atoms with Crippen molar-refractivity contribution in [3.8, 4) is 5.75 Å². The Kier molecular flexibility index (Phi) is 10.7. The second kappa shape index (κ2) is 13.9. The van der Waals surface area contributed by atoms with Crippen molar-refractivity contribution in [2.75, 3.05) is 24.2 Å². The van der Waals surface area contributed by atoms with Gasteiger partial charge in [0.2, 0.25) is 21.8 Å². The summed E-state index contributed by atoms with van der Waals surface area (Å²) in [6, 6.07) is 20.4. The van der Waals surface area contributed by atoms with Crippen LogP contribution in [0.4, 0.5) is 10.1 Å². The number of methoxy groups -OCH3 is 1. The van der Waals surface area contributed by atoms with Gasteiger partial charge in [0.25, 0.3) is 0 Å². The first kappa shape index (κ1) is 30.6. The number of anilines is 1. The summed E-state index contributed by atoms with van der Waals surface area (Å²) in [5, 5.41) is 2.94. The lowest BCUT2D eigenvalue weighted by Gasteiger charge is -2.34. The molecule has 3 aromatic rings. The first-order valence-electron chi connectivity index (χ1n) is 13.0. The van der Waals surface area contributed by atoms with Crippen LogP contribution in [0.25, 0.3) is 0 Å². The minimum atomic E-state index is -3.96. The zero-order valence-electron chi connectivity index (χ0n) is 23.2. The molecule has 0 unspecified atom stereocenters. The van der Waals surface area contributed by atoms with Crippen molar-refractivity contribution < 1.29 is 27.1 Å². The lowest BCUT2D eigenvalue weighted by Crippen LogP contribution is -2.54. The number of halogens is 1. The molecule has 0 spiro atoms. The van der Waals surface area contributed by atoms with E-state index in [2.05, 4.69) is 5.32 Å². The van der Waals surface area contributed by atoms with Gasteiger partial charge in [-0.2, -0.15) is 0 Å². The molecule has 2 amide bonds. The highest BCUT2D eigenvalue weighted by Crippen LogP contribution is 2.30. The van der Waals surface area contributed by atoms with Crippen molar-refractivity contribution in [1.29, 1.82) is 0 Å². The largest absolute Gasteiger partial charge is 0.495 e. The molecule has 3 rings (SSSR count). The molecule has 2 atom stereocenters. The highest BCUT2D eigenvalue weighted by Gasteiger charge is 2.34. The molecule has 214 valence electrons. The van der Waals surface area contributed by atoms with Crippen molar-refractivity contribution in [1.82, 2.24) is 10.2 Å². The second-order valence-electron chi connectivity index (χ2n) is 9.58. The number of nitrogens with one attached hydrogen (secondary N) is 1. The Morgan fingerprint density at radius 3 is 2.23 bits per heavy atom. The zero-order chi connectivity index (χ0) is 29.3. The molecule has 8 nitrogen and oxygen atoms in total. The average Bonchev–Trinajstić information content (AvgIpc) is 2.94. The Morgan fingerprint density at radius 1 is 0.975 bits per heavy atom. The number of amides is 2. The number of sulfonamides is 1. The van der Waals surface area contributed by atoms with Crippen LogP contribution in [0.2, 0.25) is 0 Å². The number of benzene rings is 3. The third-order valence-corrected chi connectivity index (χ3v) is 7.73. The SMILES string of the molecule is CC[C@H](C)NC(=O)[C@H](Cc1ccccc1)N(Cc1ccccc1F)C(=O)CN(c1ccccc1OC)S(C)(=O)=O. The van der Waals surface area contributed by atoms with Gasteiger partial charge in [-0.25, -0.2) is 12.8 Å². The lowest BCUT2D eigenvalue weighted by molar-refractivity contribution is -0.140. The number of hydrogen-bond donors (Lipinski definition) is 1. The van der Waals surface area contributed by atoms with Gasteiger partial charge in [-0.05, 0) is 37.1 Å². The first-order chi connectivity index (χ1) is 19.0. The lowest BCUT2D eigenvalue weighted by atomic mass is 10.0. The van der Waals surface area contributed by atoms with Crippen LogP contribution >= 0.6 is 0 Å². The third-order valence-electron chi connectivity index (χ3n) is 6.60. The molecule has 0 bridgehead atoms. The van der Waals surface area contributed by atoms with E-state index in [1.807, 2.05) is 44.2 Å². The molecule has 40 heavy (non-hydrogen) atoms. The van der Waals surface area contributed by atoms with E-state index in [1.165, 1.54) is 36.3 Å². The fraction of sp³-hybridized carbons (Fsp3) is 0.333. The standard InChI is InChI=1S/C30H36FN3O5S/c1-5-22(2)32-30(36)27(19-23-13-7-6-8-14-23)33(20-24-15-9-10-16-25(24)31)29(35)21-34(40(4,37)38)26-17-11-12-18-28(26)39-3/h6-18,22,27H,5,19-21H2,1-4H3,(H,32,36)/t22-,27-/m0/s1. The Balaban J connectivity index is 2.09. The Labute approximate surface area is 235 Å². The fourth-order valence-electron chi connectivity index (χ4n) is 4.24. The van der Waals surface area contributed by atoms with Crippen LogP contribution in [0.1, 0.15) is 31.4 Å². The van der Waals surface area contributed by atoms with Crippen LogP contribution in [0.15, 0.2) is 78.9 Å². The van der Waals surface area contributed by atoms with Gasteiger partial charge in [0.1, 0.15) is 24.2 Å². The van der Waals surface area contributed by atoms with Gasteiger partial charge in [0.15, 0.2) is 0 Å². The first-order valence-corrected chi connectivity index (χ1v) is 14.9. The molecule has 1 N–H and O–H groups in total. The van der Waals surface area contributed by atoms with Gasteiger partial charge >= 0.3 is 0 Å². The molecular weight excluding hydrogens is 533 g/mol. The second-order valence-corrected chi connectivity index (χ2v) is 11.5. The van der Waals surface area contributed by atoms with Crippen molar-refractivity contribution >= 4 is 27.5 Å². The number of rotatable bonds is 13. The van der Waals surface area contributed by atoms with Crippen molar-refractivity contribution in [2.24, 2.45) is 0 Å². The van der Waals surface area contributed by atoms with Crippen molar-refractivity contribution in [2.45, 2.75) is 45.3 Å². The summed E-state index contributed by atoms with van der Waals surface area (Å²) < 4.78 is 46.9. The molecule has 0 aliphatic carbocycles. The van der Waals surface area contributed by atoms with Crippen molar-refractivity contribution in [3.05, 3.63) is 95.8 Å². The molecular formula is C30H36FN3O5S. The van der Waals surface area contributed by atoms with Crippen LogP contribution < -0.4 is 14.4 Å². The van der Waals surface area contributed by atoms with Gasteiger partial charge in [-0.3, -0.25) is 13.9 Å². The number of carbonyl (C=O) groups is 2. The normalized spacial score (nSPS) is 12.7. The van der Waals surface area contributed by atoms with Crippen LogP contribution in [-0.4, -0.2) is 57.1 Å². The molecule has 10 heteroatoms. The summed E-state index contributed by atoms with van der Waals surface area (Å²) in [6.07, 6.45) is 1.81. The van der Waals surface area contributed by atoms with Crippen LogP contribution in [0.3, 0.4) is 0 Å². The van der Waals surface area contributed by atoms with Crippen LogP contribution in [0.5, 0.6) is 5.75 Å². The number of ether oxygens (including phenoxy) is 1. The summed E-state index contributed by atoms with van der Waals surface area (Å²) in [4.78, 5) is 29.0. The number of carbonyl (C=O) groups excluding carboxylic acids is 2. The van der Waals surface area contributed by atoms with E-state index >= 15 is 0 Å². The zero-order valence-corrected chi connectivity index (χ0v) is 24.0. The highest BCUT2D eigenvalue weighted by molar-refractivity contribution is 7.92. The Bertz CT molecular complexity index is 1400. The van der Waals surface area contributed by atoms with Crippen LogP contribution in [-0.2, 0) is 32.6 Å². The molecule has 0 heterocycles. The smallest absolute Gasteiger partial charge is 0.244 e. The van der Waals surface area contributed by atoms with E-state index in [1.54, 1.807) is 24.3 Å². The molecule has 0 saturated heterocycles. The van der Waals surface area contributed by atoms with Gasteiger partial charge in [-0.15, -0.1) is 0 Å². The molecule has 0 fully saturated rings. The van der Waals surface area contributed by atoms with E-state index in [0.29, 0.717) is 6.42 Å².